The number of nitrogens with one attached hydrogen (secondary N) is 1. The predicted molar refractivity (Wildman–Crippen MR) is 127 cm³/mol. The molecule has 2 aromatic carbocycles. The maximum absolute atomic E-state index is 13.9. The number of nitrogens with zero attached hydrogens (tertiary/aromatic N) is 4. The van der Waals surface area contributed by atoms with Crippen molar-refractivity contribution in [3.05, 3.63) is 83.7 Å². The fourth-order valence-corrected chi connectivity index (χ4v) is 4.44. The predicted octanol–water partition coefficient (Wildman–Crippen LogP) is 2.96. The van der Waals surface area contributed by atoms with E-state index in [1.165, 1.54) is 23.6 Å². The Hall–Kier alpha value is -3.92. The summed E-state index contributed by atoms with van der Waals surface area (Å²) in [6.45, 7) is 3.38. The molecule has 5 rings (SSSR count). The molecule has 7 nitrogen and oxygen atoms in total. The van der Waals surface area contributed by atoms with Crippen LogP contribution in [0.1, 0.15) is 21.7 Å². The summed E-state index contributed by atoms with van der Waals surface area (Å²) in [5.74, 6) is 0.192. The quantitative estimate of drug-likeness (QED) is 0.462. The molecule has 186 valence electrons. The van der Waals surface area contributed by atoms with Crippen molar-refractivity contribution >= 4 is 11.6 Å². The Bertz CT molecular complexity index is 1360. The molecule has 1 amide bonds. The van der Waals surface area contributed by atoms with Gasteiger partial charge in [-0.25, -0.2) is 9.50 Å². The molecular weight excluding hydrogens is 471 g/mol. The van der Waals surface area contributed by atoms with Crippen LogP contribution in [0.3, 0.4) is 0 Å². The Balaban J connectivity index is 1.38. The van der Waals surface area contributed by atoms with Crippen LogP contribution in [0.15, 0.2) is 66.7 Å². The first-order chi connectivity index (χ1) is 17.3. The molecule has 1 aliphatic heterocycles. The van der Waals surface area contributed by atoms with Crippen LogP contribution >= 0.6 is 0 Å². The molecule has 0 saturated carbocycles. The molecule has 0 aliphatic carbocycles. The average Bonchev–Trinajstić information content (AvgIpc) is 3.32. The molecule has 0 unspecified atom stereocenters. The van der Waals surface area contributed by atoms with Crippen molar-refractivity contribution in [2.75, 3.05) is 33.3 Å². The van der Waals surface area contributed by atoms with Crippen molar-refractivity contribution in [3.63, 3.8) is 0 Å². The van der Waals surface area contributed by atoms with Gasteiger partial charge in [0.1, 0.15) is 12.3 Å². The van der Waals surface area contributed by atoms with Gasteiger partial charge < -0.3 is 14.5 Å². The van der Waals surface area contributed by atoms with Crippen LogP contribution in [0.5, 0.6) is 5.75 Å². The number of hydrogen-bond acceptors (Lipinski definition) is 4. The third kappa shape index (κ3) is 4.90. The molecule has 4 aromatic rings. The molecule has 1 fully saturated rings. The number of quaternary nitrogens is 1. The Morgan fingerprint density at radius 1 is 1.03 bits per heavy atom. The Morgan fingerprint density at radius 3 is 2.36 bits per heavy atom. The summed E-state index contributed by atoms with van der Waals surface area (Å²) in [5, 5.41) is 4.02. The molecular formula is C26H25F3N5O2+. The number of ether oxygens (including phenoxy) is 1. The van der Waals surface area contributed by atoms with E-state index < -0.39 is 17.8 Å². The number of rotatable bonds is 5. The second kappa shape index (κ2) is 9.62. The maximum Gasteiger partial charge on any atom is 0.433 e. The molecule has 0 spiro atoms. The van der Waals surface area contributed by atoms with E-state index in [0.29, 0.717) is 28.9 Å². The van der Waals surface area contributed by atoms with Gasteiger partial charge in [0.15, 0.2) is 17.0 Å². The number of amides is 1. The van der Waals surface area contributed by atoms with Crippen LogP contribution in [0.2, 0.25) is 0 Å². The fourth-order valence-electron chi connectivity index (χ4n) is 4.44. The fraction of sp³-hybridized carbons (Fsp3) is 0.269. The highest BCUT2D eigenvalue weighted by Crippen LogP contribution is 2.32. The van der Waals surface area contributed by atoms with Crippen molar-refractivity contribution in [1.29, 1.82) is 0 Å². The van der Waals surface area contributed by atoms with E-state index in [9.17, 15) is 18.0 Å². The average molecular weight is 497 g/mol. The van der Waals surface area contributed by atoms with E-state index in [1.54, 1.807) is 29.2 Å². The summed E-state index contributed by atoms with van der Waals surface area (Å²) in [7, 11) is 1.51. The molecule has 0 bridgehead atoms. The summed E-state index contributed by atoms with van der Waals surface area (Å²) in [5.41, 5.74) is 0.782. The summed E-state index contributed by atoms with van der Waals surface area (Å²) < 4.78 is 47.6. The lowest BCUT2D eigenvalue weighted by atomic mass is 10.1. The first kappa shape index (κ1) is 23.8. The maximum atomic E-state index is 13.9. The van der Waals surface area contributed by atoms with Gasteiger partial charge in [0.05, 0.1) is 39.0 Å². The minimum absolute atomic E-state index is 0.0349. The second-order valence-electron chi connectivity index (χ2n) is 8.76. The van der Waals surface area contributed by atoms with Gasteiger partial charge >= 0.3 is 6.18 Å². The Kier molecular flexibility index (Phi) is 6.36. The van der Waals surface area contributed by atoms with E-state index in [-0.39, 0.29) is 17.0 Å². The summed E-state index contributed by atoms with van der Waals surface area (Å²) >= 11 is 0. The van der Waals surface area contributed by atoms with Crippen LogP contribution in [-0.2, 0) is 12.7 Å². The highest BCUT2D eigenvalue weighted by Gasteiger charge is 2.36. The minimum Gasteiger partial charge on any atom is -0.497 e. The number of carbonyl (C=O) groups is 1. The number of aromatic nitrogens is 3. The first-order valence-corrected chi connectivity index (χ1v) is 11.6. The van der Waals surface area contributed by atoms with Crippen LogP contribution in [-0.4, -0.2) is 58.7 Å². The van der Waals surface area contributed by atoms with Gasteiger partial charge in [-0.05, 0) is 30.3 Å². The van der Waals surface area contributed by atoms with E-state index in [2.05, 4.69) is 22.2 Å². The highest BCUT2D eigenvalue weighted by atomic mass is 19.4. The SMILES string of the molecule is COc1ccc(-c2cc(C(F)(F)F)n3nc(C(=O)N4CC[NH+](Cc5ccccc5)CC4)cc3n2)cc1. The lowest BCUT2D eigenvalue weighted by molar-refractivity contribution is -0.917. The largest absolute Gasteiger partial charge is 0.497 e. The van der Waals surface area contributed by atoms with E-state index in [0.717, 1.165) is 25.7 Å². The van der Waals surface area contributed by atoms with Gasteiger partial charge in [-0.3, -0.25) is 4.79 Å². The summed E-state index contributed by atoms with van der Waals surface area (Å²) in [4.78, 5) is 20.5. The lowest BCUT2D eigenvalue weighted by Gasteiger charge is -2.31. The first-order valence-electron chi connectivity index (χ1n) is 11.6. The van der Waals surface area contributed by atoms with E-state index in [1.807, 2.05) is 18.2 Å². The smallest absolute Gasteiger partial charge is 0.433 e. The number of fused-ring (bicyclic) bond motifs is 1. The van der Waals surface area contributed by atoms with Gasteiger partial charge in [-0.1, -0.05) is 30.3 Å². The molecule has 1 saturated heterocycles. The zero-order chi connectivity index (χ0) is 25.3. The van der Waals surface area contributed by atoms with E-state index in [4.69, 9.17) is 4.74 Å². The van der Waals surface area contributed by atoms with Gasteiger partial charge in [0.25, 0.3) is 5.91 Å². The number of methoxy groups -OCH3 is 1. The monoisotopic (exact) mass is 496 g/mol. The van der Waals surface area contributed by atoms with Crippen LogP contribution in [0.4, 0.5) is 13.2 Å². The number of halogens is 3. The number of carbonyl (C=O) groups excluding carboxylic acids is 1. The molecule has 0 atom stereocenters. The van der Waals surface area contributed by atoms with Gasteiger partial charge in [-0.2, -0.15) is 18.3 Å². The van der Waals surface area contributed by atoms with Gasteiger partial charge in [0.2, 0.25) is 0 Å². The van der Waals surface area contributed by atoms with Crippen LogP contribution < -0.4 is 9.64 Å². The number of hydrogen-bond donors (Lipinski definition) is 1. The normalized spacial score (nSPS) is 14.8. The van der Waals surface area contributed by atoms with Crippen molar-refractivity contribution in [3.8, 4) is 17.0 Å². The van der Waals surface area contributed by atoms with Crippen LogP contribution in [0, 0.1) is 0 Å². The number of alkyl halides is 3. The van der Waals surface area contributed by atoms with Crippen molar-refractivity contribution in [2.45, 2.75) is 12.7 Å². The zero-order valence-electron chi connectivity index (χ0n) is 19.6. The molecule has 0 radical (unpaired) electrons. The third-order valence-corrected chi connectivity index (χ3v) is 6.38. The zero-order valence-corrected chi connectivity index (χ0v) is 19.6. The summed E-state index contributed by atoms with van der Waals surface area (Å²) in [6.07, 6.45) is -4.68. The number of piperazine rings is 1. The second-order valence-corrected chi connectivity index (χ2v) is 8.76. The molecule has 1 N–H and O–H groups in total. The molecule has 10 heteroatoms. The Labute approximate surface area is 205 Å². The summed E-state index contributed by atoms with van der Waals surface area (Å²) in [6, 6.07) is 19.0. The topological polar surface area (TPSA) is 64.2 Å². The molecule has 36 heavy (non-hydrogen) atoms. The Morgan fingerprint density at radius 2 is 1.72 bits per heavy atom. The van der Waals surface area contributed by atoms with Crippen LogP contribution in [0.25, 0.3) is 16.9 Å². The lowest BCUT2D eigenvalue weighted by Crippen LogP contribution is -3.13. The minimum atomic E-state index is -4.68. The van der Waals surface area contributed by atoms with Gasteiger partial charge in [0, 0.05) is 17.2 Å². The molecule has 1 aliphatic rings. The standard InChI is InChI=1S/C26H24F3N5O2/c1-36-20-9-7-19(8-10-20)21-15-23(26(27,28)29)34-24(30-21)16-22(31-34)25(35)33-13-11-32(12-14-33)17-18-5-3-2-4-6-18/h2-10,15-16H,11-14,17H2,1H3/p+1. The highest BCUT2D eigenvalue weighted by molar-refractivity contribution is 5.93. The van der Waals surface area contributed by atoms with Crippen molar-refractivity contribution < 1.29 is 27.6 Å². The van der Waals surface area contributed by atoms with Crippen molar-refractivity contribution in [2.24, 2.45) is 0 Å². The molecule has 3 heterocycles. The molecule has 2 aromatic heterocycles. The number of benzene rings is 2. The van der Waals surface area contributed by atoms with Crippen molar-refractivity contribution in [1.82, 2.24) is 19.5 Å². The van der Waals surface area contributed by atoms with E-state index >= 15 is 0 Å². The van der Waals surface area contributed by atoms with Gasteiger partial charge in [-0.15, -0.1) is 0 Å². The third-order valence-electron chi connectivity index (χ3n) is 6.38.